The van der Waals surface area contributed by atoms with E-state index in [-0.39, 0.29) is 17.9 Å². The van der Waals surface area contributed by atoms with Gasteiger partial charge in [-0.1, -0.05) is 12.1 Å². The molecule has 5 heteroatoms. The number of thiophene rings is 1. The van der Waals surface area contributed by atoms with Crippen LogP contribution in [0.15, 0.2) is 47.9 Å². The molecule has 0 saturated heterocycles. The van der Waals surface area contributed by atoms with Crippen molar-refractivity contribution in [3.05, 3.63) is 58.3 Å². The van der Waals surface area contributed by atoms with Crippen LogP contribution in [-0.2, 0) is 4.79 Å². The van der Waals surface area contributed by atoms with Gasteiger partial charge in [0.25, 0.3) is 5.91 Å². The van der Waals surface area contributed by atoms with Crippen molar-refractivity contribution in [3.63, 3.8) is 0 Å². The van der Waals surface area contributed by atoms with Gasteiger partial charge in [-0.15, -0.1) is 11.3 Å². The molecular weight excluding hydrogens is 296 g/mol. The Kier molecular flexibility index (Phi) is 5.49. The highest BCUT2D eigenvalue weighted by Crippen LogP contribution is 2.13. The van der Waals surface area contributed by atoms with Crippen LogP contribution in [0.2, 0.25) is 0 Å². The van der Waals surface area contributed by atoms with Gasteiger partial charge in [-0.3, -0.25) is 9.59 Å². The predicted molar refractivity (Wildman–Crippen MR) is 91.0 cm³/mol. The van der Waals surface area contributed by atoms with Gasteiger partial charge in [0, 0.05) is 28.2 Å². The molecule has 1 heterocycles. The minimum atomic E-state index is -0.227. The third kappa shape index (κ3) is 4.86. The summed E-state index contributed by atoms with van der Waals surface area (Å²) in [7, 11) is 0. The molecule has 0 aliphatic rings. The molecule has 2 N–H and O–H groups in total. The fraction of sp³-hybridized carbons (Fsp3) is 0.176. The van der Waals surface area contributed by atoms with Gasteiger partial charge in [0.1, 0.15) is 0 Å². The molecule has 2 rings (SSSR count). The Morgan fingerprint density at radius 3 is 2.68 bits per heavy atom. The minimum absolute atomic E-state index is 0.0690. The molecule has 2 amide bonds. The lowest BCUT2D eigenvalue weighted by molar-refractivity contribution is -0.111. The number of carbonyl (C=O) groups is 2. The molecule has 0 bridgehead atoms. The number of benzene rings is 1. The van der Waals surface area contributed by atoms with Gasteiger partial charge < -0.3 is 10.6 Å². The van der Waals surface area contributed by atoms with Crippen LogP contribution in [0, 0.1) is 0 Å². The molecule has 114 valence electrons. The number of nitrogens with one attached hydrogen (secondary N) is 2. The van der Waals surface area contributed by atoms with Gasteiger partial charge in [0.2, 0.25) is 5.91 Å². The molecule has 2 aromatic rings. The Morgan fingerprint density at radius 2 is 2.00 bits per heavy atom. The summed E-state index contributed by atoms with van der Waals surface area (Å²) in [4.78, 5) is 24.8. The molecule has 0 radical (unpaired) electrons. The van der Waals surface area contributed by atoms with Crippen molar-refractivity contribution in [1.29, 1.82) is 0 Å². The van der Waals surface area contributed by atoms with Gasteiger partial charge >= 0.3 is 0 Å². The lowest BCUT2D eigenvalue weighted by atomic mass is 10.1. The van der Waals surface area contributed by atoms with E-state index in [1.54, 1.807) is 41.7 Å². The zero-order valence-corrected chi connectivity index (χ0v) is 13.3. The number of rotatable bonds is 5. The smallest absolute Gasteiger partial charge is 0.251 e. The molecule has 1 aromatic carbocycles. The number of carbonyl (C=O) groups excluding carboxylic acids is 2. The van der Waals surface area contributed by atoms with E-state index < -0.39 is 0 Å². The van der Waals surface area contributed by atoms with Crippen LogP contribution in [0.3, 0.4) is 0 Å². The highest BCUT2D eigenvalue weighted by Gasteiger charge is 2.08. The van der Waals surface area contributed by atoms with Crippen molar-refractivity contribution in [2.75, 3.05) is 5.32 Å². The lowest BCUT2D eigenvalue weighted by Gasteiger charge is -2.09. The fourth-order valence-electron chi connectivity index (χ4n) is 1.81. The number of hydrogen-bond donors (Lipinski definition) is 2. The monoisotopic (exact) mass is 314 g/mol. The molecule has 0 spiro atoms. The summed E-state index contributed by atoms with van der Waals surface area (Å²) in [6.07, 6.45) is 3.24. The third-order valence-electron chi connectivity index (χ3n) is 2.75. The van der Waals surface area contributed by atoms with Crippen LogP contribution in [0.1, 0.15) is 29.1 Å². The topological polar surface area (TPSA) is 58.2 Å². The summed E-state index contributed by atoms with van der Waals surface area (Å²) >= 11 is 1.56. The minimum Gasteiger partial charge on any atom is -0.350 e. The van der Waals surface area contributed by atoms with Crippen LogP contribution in [-0.4, -0.2) is 17.9 Å². The van der Waals surface area contributed by atoms with Crippen molar-refractivity contribution >= 4 is 34.9 Å². The SMILES string of the molecule is CC(C)NC(=O)c1cccc(NC(=O)/C=C/c2cccs2)c1. The van der Waals surface area contributed by atoms with Crippen LogP contribution < -0.4 is 10.6 Å². The van der Waals surface area contributed by atoms with Crippen LogP contribution in [0.4, 0.5) is 5.69 Å². The van der Waals surface area contributed by atoms with Gasteiger partial charge in [-0.2, -0.15) is 0 Å². The van der Waals surface area contributed by atoms with Crippen LogP contribution >= 0.6 is 11.3 Å². The highest BCUT2D eigenvalue weighted by atomic mass is 32.1. The average molecular weight is 314 g/mol. The molecule has 0 fully saturated rings. The molecule has 0 atom stereocenters. The Bertz CT molecular complexity index is 676. The zero-order chi connectivity index (χ0) is 15.9. The maximum atomic E-state index is 11.9. The van der Waals surface area contributed by atoms with Crippen molar-refractivity contribution in [2.24, 2.45) is 0 Å². The fourth-order valence-corrected chi connectivity index (χ4v) is 2.43. The summed E-state index contributed by atoms with van der Waals surface area (Å²) in [5, 5.41) is 7.52. The number of hydrogen-bond acceptors (Lipinski definition) is 3. The Labute approximate surface area is 133 Å². The molecule has 0 aliphatic carbocycles. The van der Waals surface area contributed by atoms with E-state index in [1.807, 2.05) is 31.4 Å². The van der Waals surface area contributed by atoms with Crippen molar-refractivity contribution < 1.29 is 9.59 Å². The first-order valence-corrected chi connectivity index (χ1v) is 7.86. The average Bonchev–Trinajstić information content (AvgIpc) is 2.98. The van der Waals surface area contributed by atoms with Crippen molar-refractivity contribution in [1.82, 2.24) is 5.32 Å². The van der Waals surface area contributed by atoms with Gasteiger partial charge in [0.15, 0.2) is 0 Å². The second-order valence-corrected chi connectivity index (χ2v) is 6.03. The third-order valence-corrected chi connectivity index (χ3v) is 3.59. The van der Waals surface area contributed by atoms with Gasteiger partial charge in [-0.25, -0.2) is 0 Å². The summed E-state index contributed by atoms with van der Waals surface area (Å²) in [5.74, 6) is -0.380. The van der Waals surface area contributed by atoms with E-state index in [4.69, 9.17) is 0 Å². The summed E-state index contributed by atoms with van der Waals surface area (Å²) in [6, 6.07) is 10.8. The molecular formula is C17H18N2O2S. The van der Waals surface area contributed by atoms with E-state index in [0.29, 0.717) is 11.3 Å². The lowest BCUT2D eigenvalue weighted by Crippen LogP contribution is -2.30. The van der Waals surface area contributed by atoms with Crippen molar-refractivity contribution in [3.8, 4) is 0 Å². The first-order chi connectivity index (χ1) is 10.5. The van der Waals surface area contributed by atoms with E-state index in [2.05, 4.69) is 10.6 Å². The normalized spacial score (nSPS) is 10.9. The number of amides is 2. The maximum absolute atomic E-state index is 11.9. The second kappa shape index (κ2) is 7.56. The molecule has 1 aromatic heterocycles. The van der Waals surface area contributed by atoms with E-state index in [9.17, 15) is 9.59 Å². The van der Waals surface area contributed by atoms with E-state index in [0.717, 1.165) is 4.88 Å². The first-order valence-electron chi connectivity index (χ1n) is 6.98. The summed E-state index contributed by atoms with van der Waals surface area (Å²) in [6.45, 7) is 3.80. The van der Waals surface area contributed by atoms with E-state index in [1.165, 1.54) is 6.08 Å². The molecule has 0 aliphatic heterocycles. The van der Waals surface area contributed by atoms with Crippen LogP contribution in [0.5, 0.6) is 0 Å². The van der Waals surface area contributed by atoms with Gasteiger partial charge in [-0.05, 0) is 49.6 Å². The first kappa shape index (κ1) is 16.0. The predicted octanol–water partition coefficient (Wildman–Crippen LogP) is 3.54. The van der Waals surface area contributed by atoms with E-state index >= 15 is 0 Å². The Morgan fingerprint density at radius 1 is 1.18 bits per heavy atom. The Balaban J connectivity index is 2.00. The summed E-state index contributed by atoms with van der Waals surface area (Å²) in [5.41, 5.74) is 1.12. The quantitative estimate of drug-likeness (QED) is 0.829. The standard InChI is InChI=1S/C17H18N2O2S/c1-12(2)18-17(21)13-5-3-6-14(11-13)19-16(20)9-8-15-7-4-10-22-15/h3-12H,1-2H3,(H,18,21)(H,19,20)/b9-8+. The molecule has 0 saturated carbocycles. The van der Waals surface area contributed by atoms with Gasteiger partial charge in [0.05, 0.1) is 0 Å². The molecule has 0 unspecified atom stereocenters. The summed E-state index contributed by atoms with van der Waals surface area (Å²) < 4.78 is 0. The van der Waals surface area contributed by atoms with Crippen LogP contribution in [0.25, 0.3) is 6.08 Å². The molecule has 4 nitrogen and oxygen atoms in total. The maximum Gasteiger partial charge on any atom is 0.251 e. The largest absolute Gasteiger partial charge is 0.350 e. The van der Waals surface area contributed by atoms with Crippen molar-refractivity contribution in [2.45, 2.75) is 19.9 Å². The number of anilines is 1. The zero-order valence-electron chi connectivity index (χ0n) is 12.5. The Hall–Kier alpha value is -2.40. The molecule has 22 heavy (non-hydrogen) atoms. The second-order valence-electron chi connectivity index (χ2n) is 5.05. The highest BCUT2D eigenvalue weighted by molar-refractivity contribution is 7.10.